The number of imidazole rings is 1. The van der Waals surface area contributed by atoms with Crippen molar-refractivity contribution >= 4 is 29.0 Å². The first-order chi connectivity index (χ1) is 16.1. The minimum absolute atomic E-state index is 0.0238. The predicted molar refractivity (Wildman–Crippen MR) is 131 cm³/mol. The third-order valence-corrected chi connectivity index (χ3v) is 6.54. The van der Waals surface area contributed by atoms with E-state index in [1.165, 1.54) is 0 Å². The number of carbonyl (C=O) groups is 2. The van der Waals surface area contributed by atoms with E-state index in [-0.39, 0.29) is 24.1 Å². The molecular weight excluding hydrogens is 434 g/mol. The number of amides is 2. The summed E-state index contributed by atoms with van der Waals surface area (Å²) in [5, 5.41) is 0. The second-order valence-corrected chi connectivity index (χ2v) is 10.4. The highest BCUT2D eigenvalue weighted by atomic mass is 16.6. The zero-order chi connectivity index (χ0) is 24.5. The number of benzene rings is 1. The Morgan fingerprint density at radius 2 is 1.79 bits per heavy atom. The van der Waals surface area contributed by atoms with Crippen LogP contribution < -0.4 is 10.5 Å². The number of aromatic nitrogens is 2. The summed E-state index contributed by atoms with van der Waals surface area (Å²) in [6.07, 6.45) is 4.09. The number of nitrogens with two attached hydrogens (primary N) is 1. The Morgan fingerprint density at radius 1 is 1.06 bits per heavy atom. The van der Waals surface area contributed by atoms with E-state index in [1.54, 1.807) is 11.8 Å². The minimum atomic E-state index is -0.543. The van der Waals surface area contributed by atoms with Crippen LogP contribution in [-0.2, 0) is 9.53 Å². The van der Waals surface area contributed by atoms with Crippen molar-refractivity contribution in [2.75, 3.05) is 31.9 Å². The molecule has 9 heteroatoms. The molecule has 2 saturated heterocycles. The first-order valence-corrected chi connectivity index (χ1v) is 12.3. The van der Waals surface area contributed by atoms with Gasteiger partial charge in [0.1, 0.15) is 23.0 Å². The molecule has 186 valence electrons. The Labute approximate surface area is 201 Å². The van der Waals surface area contributed by atoms with E-state index >= 15 is 0 Å². The number of para-hydroxylation sites is 1. The number of hydrogen-bond donors (Lipinski definition) is 1. The van der Waals surface area contributed by atoms with Crippen molar-refractivity contribution in [1.82, 2.24) is 19.4 Å². The van der Waals surface area contributed by atoms with Gasteiger partial charge in [-0.25, -0.2) is 9.78 Å². The summed E-state index contributed by atoms with van der Waals surface area (Å²) in [5.74, 6) is 1.28. The number of piperidine rings is 1. The Balaban J connectivity index is 1.59. The van der Waals surface area contributed by atoms with Crippen molar-refractivity contribution in [3.8, 4) is 5.75 Å². The number of carbonyl (C=O) groups excluding carboxylic acids is 2. The molecule has 4 rings (SSSR count). The van der Waals surface area contributed by atoms with Crippen molar-refractivity contribution < 1.29 is 19.1 Å². The monoisotopic (exact) mass is 471 g/mol. The molecule has 3 heterocycles. The molecular formula is C25H37N5O4. The van der Waals surface area contributed by atoms with E-state index < -0.39 is 5.60 Å². The average molecular weight is 472 g/mol. The summed E-state index contributed by atoms with van der Waals surface area (Å²) < 4.78 is 14.1. The lowest BCUT2D eigenvalue weighted by Gasteiger charge is -2.32. The fourth-order valence-electron chi connectivity index (χ4n) is 4.89. The van der Waals surface area contributed by atoms with Gasteiger partial charge in [-0.2, -0.15) is 0 Å². The van der Waals surface area contributed by atoms with Crippen LogP contribution in [0.3, 0.4) is 0 Å². The molecule has 1 aromatic heterocycles. The molecule has 2 aliphatic heterocycles. The summed E-state index contributed by atoms with van der Waals surface area (Å²) in [6.45, 7) is 9.82. The molecule has 9 nitrogen and oxygen atoms in total. The molecule has 0 bridgehead atoms. The van der Waals surface area contributed by atoms with E-state index in [1.807, 2.05) is 48.4 Å². The van der Waals surface area contributed by atoms with Crippen LogP contribution in [0.5, 0.6) is 5.75 Å². The van der Waals surface area contributed by atoms with E-state index in [4.69, 9.17) is 15.2 Å². The van der Waals surface area contributed by atoms with E-state index in [9.17, 15) is 9.59 Å². The van der Waals surface area contributed by atoms with Crippen molar-refractivity contribution in [1.29, 1.82) is 0 Å². The highest BCUT2D eigenvalue weighted by Gasteiger charge is 2.30. The Morgan fingerprint density at radius 3 is 2.47 bits per heavy atom. The van der Waals surface area contributed by atoms with Gasteiger partial charge in [0.25, 0.3) is 0 Å². The molecule has 1 unspecified atom stereocenters. The number of fused-ring (bicyclic) bond motifs is 1. The molecule has 1 aromatic carbocycles. The largest absolute Gasteiger partial charge is 0.488 e. The number of likely N-dealkylation sites (tertiary alicyclic amines) is 2. The lowest BCUT2D eigenvalue weighted by atomic mass is 10.1. The van der Waals surface area contributed by atoms with E-state index in [2.05, 4.69) is 4.98 Å². The first kappa shape index (κ1) is 24.2. The SMILES string of the molecule is CC(=O)N1CCC(Oc2cccc3nc(N)n(C4CCCCN(C(=O)OC(C)(C)C)C4)c23)CC1. The number of hydrogen-bond acceptors (Lipinski definition) is 6. The van der Waals surface area contributed by atoms with Crippen LogP contribution in [0.4, 0.5) is 10.7 Å². The lowest BCUT2D eigenvalue weighted by molar-refractivity contribution is -0.130. The van der Waals surface area contributed by atoms with Crippen molar-refractivity contribution in [2.45, 2.75) is 77.5 Å². The van der Waals surface area contributed by atoms with Gasteiger partial charge in [-0.05, 0) is 52.2 Å². The minimum Gasteiger partial charge on any atom is -0.488 e. The molecule has 1 atom stereocenters. The highest BCUT2D eigenvalue weighted by molar-refractivity contribution is 5.85. The molecule has 0 spiro atoms. The van der Waals surface area contributed by atoms with E-state index in [0.717, 1.165) is 48.9 Å². The van der Waals surface area contributed by atoms with Gasteiger partial charge in [0.2, 0.25) is 11.9 Å². The molecule has 2 amide bonds. The first-order valence-electron chi connectivity index (χ1n) is 12.3. The Kier molecular flexibility index (Phi) is 6.91. The molecule has 2 aliphatic rings. The van der Waals surface area contributed by atoms with Crippen molar-refractivity contribution in [3.05, 3.63) is 18.2 Å². The summed E-state index contributed by atoms with van der Waals surface area (Å²) in [6, 6.07) is 5.80. The van der Waals surface area contributed by atoms with Crippen molar-refractivity contribution in [3.63, 3.8) is 0 Å². The smallest absolute Gasteiger partial charge is 0.410 e. The summed E-state index contributed by atoms with van der Waals surface area (Å²) in [5.41, 5.74) is 7.53. The van der Waals surface area contributed by atoms with Gasteiger partial charge >= 0.3 is 6.09 Å². The maximum atomic E-state index is 12.8. The number of nitrogen functional groups attached to an aromatic ring is 1. The zero-order valence-electron chi connectivity index (χ0n) is 20.7. The van der Waals surface area contributed by atoms with Gasteiger partial charge in [-0.15, -0.1) is 0 Å². The maximum Gasteiger partial charge on any atom is 0.410 e. The van der Waals surface area contributed by atoms with Crippen LogP contribution in [0, 0.1) is 0 Å². The molecule has 2 aromatic rings. The third-order valence-electron chi connectivity index (χ3n) is 6.54. The fraction of sp³-hybridized carbons (Fsp3) is 0.640. The van der Waals surface area contributed by atoms with Gasteiger partial charge in [-0.1, -0.05) is 6.07 Å². The van der Waals surface area contributed by atoms with Crippen LogP contribution in [0.25, 0.3) is 11.0 Å². The molecule has 2 N–H and O–H groups in total. The van der Waals surface area contributed by atoms with Crippen LogP contribution in [0.15, 0.2) is 18.2 Å². The van der Waals surface area contributed by atoms with Crippen LogP contribution in [0.2, 0.25) is 0 Å². The molecule has 0 radical (unpaired) electrons. The van der Waals surface area contributed by atoms with Gasteiger partial charge in [0.15, 0.2) is 0 Å². The molecule has 2 fully saturated rings. The number of anilines is 1. The molecule has 0 aliphatic carbocycles. The second kappa shape index (κ2) is 9.72. The average Bonchev–Trinajstić information content (AvgIpc) is 2.93. The lowest BCUT2D eigenvalue weighted by Crippen LogP contribution is -2.40. The zero-order valence-corrected chi connectivity index (χ0v) is 20.7. The van der Waals surface area contributed by atoms with Gasteiger partial charge in [0.05, 0.1) is 11.6 Å². The summed E-state index contributed by atoms with van der Waals surface area (Å²) in [4.78, 5) is 32.7. The van der Waals surface area contributed by atoms with Gasteiger partial charge < -0.3 is 29.6 Å². The van der Waals surface area contributed by atoms with Crippen LogP contribution >= 0.6 is 0 Å². The van der Waals surface area contributed by atoms with E-state index in [0.29, 0.717) is 32.1 Å². The fourth-order valence-corrected chi connectivity index (χ4v) is 4.89. The molecule has 0 saturated carbocycles. The predicted octanol–water partition coefficient (Wildman–Crippen LogP) is 3.97. The summed E-state index contributed by atoms with van der Waals surface area (Å²) >= 11 is 0. The third kappa shape index (κ3) is 5.39. The maximum absolute atomic E-state index is 12.8. The highest BCUT2D eigenvalue weighted by Crippen LogP contribution is 2.35. The van der Waals surface area contributed by atoms with Gasteiger partial charge in [0, 0.05) is 45.9 Å². The standard InChI is InChI=1S/C25H37N5O4/c1-17(31)28-14-11-19(12-15-28)33-21-10-7-9-20-22(21)30(23(26)27-20)18-8-5-6-13-29(16-18)24(32)34-25(2,3)4/h7,9-10,18-19H,5-6,8,11-16H2,1-4H3,(H2,26,27). The second-order valence-electron chi connectivity index (χ2n) is 10.4. The van der Waals surface area contributed by atoms with Gasteiger partial charge in [-0.3, -0.25) is 4.79 Å². The summed E-state index contributed by atoms with van der Waals surface area (Å²) in [7, 11) is 0. The number of ether oxygens (including phenoxy) is 2. The topological polar surface area (TPSA) is 103 Å². The van der Waals surface area contributed by atoms with Crippen LogP contribution in [0.1, 0.15) is 65.8 Å². The Hall–Kier alpha value is -2.97. The van der Waals surface area contributed by atoms with Crippen LogP contribution in [-0.4, -0.2) is 69.2 Å². The number of nitrogens with zero attached hydrogens (tertiary/aromatic N) is 4. The molecule has 34 heavy (non-hydrogen) atoms. The Bertz CT molecular complexity index is 1040. The normalized spacial score (nSPS) is 20.3. The number of rotatable bonds is 3. The quantitative estimate of drug-likeness (QED) is 0.727. The van der Waals surface area contributed by atoms with Crippen molar-refractivity contribution in [2.24, 2.45) is 0 Å².